The van der Waals surface area contributed by atoms with Crippen molar-refractivity contribution < 1.29 is 19.3 Å². The summed E-state index contributed by atoms with van der Waals surface area (Å²) in [6.45, 7) is -0.223. The Hall–Kier alpha value is -3.08. The third-order valence-corrected chi connectivity index (χ3v) is 3.26. The minimum Gasteiger partial charge on any atom is -0.497 e. The Morgan fingerprint density at radius 3 is 1.88 bits per heavy atom. The lowest BCUT2D eigenvalue weighted by molar-refractivity contribution is 0.350. The third kappa shape index (κ3) is 4.23. The number of methoxy groups -OCH3 is 3. The van der Waals surface area contributed by atoms with Gasteiger partial charge in [0.25, 0.3) is 0 Å². The molecule has 0 aliphatic rings. The van der Waals surface area contributed by atoms with Crippen LogP contribution in [0.3, 0.4) is 0 Å². The van der Waals surface area contributed by atoms with Crippen LogP contribution in [0.25, 0.3) is 0 Å². The molecule has 1 N–H and O–H groups in total. The van der Waals surface area contributed by atoms with Gasteiger partial charge in [0.15, 0.2) is 11.5 Å². The molecule has 0 unspecified atom stereocenters. The predicted molar refractivity (Wildman–Crippen MR) is 92.5 cm³/mol. The molecule has 0 aliphatic heterocycles. The third-order valence-electron chi connectivity index (χ3n) is 3.26. The highest BCUT2D eigenvalue weighted by molar-refractivity contribution is 5.60. The molecule has 2 aromatic rings. The molecule has 0 saturated carbocycles. The van der Waals surface area contributed by atoms with Crippen LogP contribution in [0.15, 0.2) is 36.4 Å². The second-order valence-electron chi connectivity index (χ2n) is 4.69. The van der Waals surface area contributed by atoms with E-state index in [9.17, 15) is 0 Å². The van der Waals surface area contributed by atoms with Crippen LogP contribution >= 0.6 is 0 Å². The fourth-order valence-corrected chi connectivity index (χ4v) is 2.03. The molecule has 0 bridgehead atoms. The summed E-state index contributed by atoms with van der Waals surface area (Å²) in [7, 11) is 4.75. The quantitative estimate of drug-likeness (QED) is 0.882. The molecule has 0 heterocycles. The predicted octanol–water partition coefficient (Wildman–Crippen LogP) is 2.46. The van der Waals surface area contributed by atoms with Gasteiger partial charge in [0.1, 0.15) is 12.4 Å². The maximum Gasteiger partial charge on any atom is 0.162 e. The monoisotopic (exact) mass is 322 g/mol. The van der Waals surface area contributed by atoms with Crippen molar-refractivity contribution in [1.82, 2.24) is 0 Å². The van der Waals surface area contributed by atoms with E-state index in [2.05, 4.69) is 23.7 Å². The van der Waals surface area contributed by atoms with E-state index in [0.717, 1.165) is 11.3 Å². The van der Waals surface area contributed by atoms with Crippen LogP contribution in [0.5, 0.6) is 17.2 Å². The Balaban J connectivity index is 2.45. The second kappa shape index (κ2) is 8.53. The van der Waals surface area contributed by atoms with Crippen LogP contribution in [0.4, 0.5) is 0 Å². The van der Waals surface area contributed by atoms with Crippen molar-refractivity contribution in [1.29, 1.82) is 0 Å². The molecule has 4 heteroatoms. The van der Waals surface area contributed by atoms with Gasteiger partial charge in [-0.3, -0.25) is 0 Å². The lowest BCUT2D eigenvalue weighted by Gasteiger charge is -2.09. The fraction of sp³-hybridized carbons (Fsp3) is 0.200. The van der Waals surface area contributed by atoms with E-state index in [0.29, 0.717) is 22.6 Å². The van der Waals surface area contributed by atoms with Gasteiger partial charge in [0.2, 0.25) is 0 Å². The van der Waals surface area contributed by atoms with E-state index in [1.807, 2.05) is 24.3 Å². The number of hydrogen-bond donors (Lipinski definition) is 1. The summed E-state index contributed by atoms with van der Waals surface area (Å²) in [5.74, 6) is 13.6. The molecule has 2 rings (SSSR count). The minimum absolute atomic E-state index is 0.223. The molecular weight excluding hydrogens is 304 g/mol. The first-order valence-corrected chi connectivity index (χ1v) is 7.23. The maximum atomic E-state index is 8.93. The van der Waals surface area contributed by atoms with Gasteiger partial charge in [-0.15, -0.1) is 0 Å². The zero-order valence-electron chi connectivity index (χ0n) is 13.8. The molecule has 2 aromatic carbocycles. The highest BCUT2D eigenvalue weighted by Crippen LogP contribution is 2.30. The van der Waals surface area contributed by atoms with Gasteiger partial charge in [-0.2, -0.15) is 0 Å². The van der Waals surface area contributed by atoms with E-state index in [4.69, 9.17) is 19.3 Å². The van der Waals surface area contributed by atoms with Crippen molar-refractivity contribution in [3.63, 3.8) is 0 Å². The number of aliphatic hydroxyl groups is 1. The fourth-order valence-electron chi connectivity index (χ4n) is 2.03. The number of aliphatic hydroxyl groups excluding tert-OH is 1. The van der Waals surface area contributed by atoms with Gasteiger partial charge < -0.3 is 19.3 Å². The number of rotatable bonds is 3. The van der Waals surface area contributed by atoms with Gasteiger partial charge in [0, 0.05) is 28.8 Å². The normalized spacial score (nSPS) is 9.17. The first kappa shape index (κ1) is 17.3. The van der Waals surface area contributed by atoms with E-state index in [-0.39, 0.29) is 6.61 Å². The zero-order chi connectivity index (χ0) is 17.4. The Morgan fingerprint density at radius 1 is 0.792 bits per heavy atom. The van der Waals surface area contributed by atoms with Crippen LogP contribution < -0.4 is 14.2 Å². The average molecular weight is 322 g/mol. The summed E-state index contributed by atoms with van der Waals surface area (Å²) in [5.41, 5.74) is 2.22. The van der Waals surface area contributed by atoms with E-state index in [1.54, 1.807) is 33.5 Å². The molecule has 0 aromatic heterocycles. The summed E-state index contributed by atoms with van der Waals surface area (Å²) >= 11 is 0. The van der Waals surface area contributed by atoms with Crippen molar-refractivity contribution >= 4 is 0 Å². The van der Waals surface area contributed by atoms with E-state index < -0.39 is 0 Å². The summed E-state index contributed by atoms with van der Waals surface area (Å²) in [4.78, 5) is 0. The van der Waals surface area contributed by atoms with Gasteiger partial charge in [-0.05, 0) is 24.3 Å². The van der Waals surface area contributed by atoms with E-state index >= 15 is 0 Å². The largest absolute Gasteiger partial charge is 0.497 e. The standard InChI is InChI=1S/C20H18O4/c1-22-18-10-7-15(8-11-18)6-9-17-14-20(24-3)19(23-2)13-16(17)5-4-12-21/h7-8,10-11,13-14,21H,12H2,1-3H3. The van der Waals surface area contributed by atoms with Crippen molar-refractivity contribution in [2.75, 3.05) is 27.9 Å². The molecule has 24 heavy (non-hydrogen) atoms. The number of benzene rings is 2. The molecular formula is C20H18O4. The Labute approximate surface area is 142 Å². The smallest absolute Gasteiger partial charge is 0.162 e. The highest BCUT2D eigenvalue weighted by atomic mass is 16.5. The summed E-state index contributed by atoms with van der Waals surface area (Å²) in [6, 6.07) is 11.0. The average Bonchev–Trinajstić information content (AvgIpc) is 2.64. The maximum absolute atomic E-state index is 8.93. The molecule has 0 spiro atoms. The summed E-state index contributed by atoms with van der Waals surface area (Å²) in [5, 5.41) is 8.93. The number of ether oxygens (including phenoxy) is 3. The SMILES string of the molecule is COc1ccc(C#Cc2cc(OC)c(OC)cc2C#CCO)cc1. The lowest BCUT2D eigenvalue weighted by atomic mass is 10.1. The summed E-state index contributed by atoms with van der Waals surface area (Å²) in [6.07, 6.45) is 0. The Kier molecular flexibility index (Phi) is 6.14. The van der Waals surface area contributed by atoms with Gasteiger partial charge in [-0.25, -0.2) is 0 Å². The van der Waals surface area contributed by atoms with Crippen LogP contribution in [0.1, 0.15) is 16.7 Å². The molecule has 0 amide bonds. The van der Waals surface area contributed by atoms with Crippen LogP contribution in [0, 0.1) is 23.7 Å². The second-order valence-corrected chi connectivity index (χ2v) is 4.69. The summed E-state index contributed by atoms with van der Waals surface area (Å²) < 4.78 is 15.7. The van der Waals surface area contributed by atoms with E-state index in [1.165, 1.54) is 0 Å². The topological polar surface area (TPSA) is 47.9 Å². The molecule has 122 valence electrons. The van der Waals surface area contributed by atoms with Gasteiger partial charge in [0.05, 0.1) is 21.3 Å². The van der Waals surface area contributed by atoms with Crippen molar-refractivity contribution in [2.45, 2.75) is 0 Å². The Morgan fingerprint density at radius 2 is 1.38 bits per heavy atom. The van der Waals surface area contributed by atoms with Crippen molar-refractivity contribution in [2.24, 2.45) is 0 Å². The minimum atomic E-state index is -0.223. The molecule has 0 saturated heterocycles. The molecule has 0 aliphatic carbocycles. The Bertz CT molecular complexity index is 815. The molecule has 0 radical (unpaired) electrons. The first-order valence-electron chi connectivity index (χ1n) is 7.23. The molecule has 0 fully saturated rings. The van der Waals surface area contributed by atoms with Crippen LogP contribution in [-0.2, 0) is 0 Å². The number of hydrogen-bond acceptors (Lipinski definition) is 4. The lowest BCUT2D eigenvalue weighted by Crippen LogP contribution is -1.94. The van der Waals surface area contributed by atoms with Gasteiger partial charge >= 0.3 is 0 Å². The first-order chi connectivity index (χ1) is 11.7. The van der Waals surface area contributed by atoms with Crippen LogP contribution in [-0.4, -0.2) is 33.0 Å². The van der Waals surface area contributed by atoms with Gasteiger partial charge in [-0.1, -0.05) is 23.7 Å². The van der Waals surface area contributed by atoms with Crippen molar-refractivity contribution in [3.8, 4) is 40.9 Å². The zero-order valence-corrected chi connectivity index (χ0v) is 13.8. The molecule has 0 atom stereocenters. The van der Waals surface area contributed by atoms with Crippen molar-refractivity contribution in [3.05, 3.63) is 53.1 Å². The van der Waals surface area contributed by atoms with Crippen LogP contribution in [0.2, 0.25) is 0 Å². The molecule has 4 nitrogen and oxygen atoms in total. The highest BCUT2D eigenvalue weighted by Gasteiger charge is 2.08.